The number of hydrogen-bond acceptors (Lipinski definition) is 1. The summed E-state index contributed by atoms with van der Waals surface area (Å²) in [5.41, 5.74) is 0.334. The number of aliphatic carboxylic acids is 1. The highest BCUT2D eigenvalue weighted by molar-refractivity contribution is 9.10. The van der Waals surface area contributed by atoms with Crippen LogP contribution in [0, 0.1) is 18.2 Å². The van der Waals surface area contributed by atoms with E-state index >= 15 is 0 Å². The lowest BCUT2D eigenvalue weighted by Crippen LogP contribution is -2.26. The third-order valence-electron chi connectivity index (χ3n) is 2.57. The smallest absolute Gasteiger partial charge is 0.309 e. The van der Waals surface area contributed by atoms with E-state index in [1.54, 1.807) is 26.8 Å². The van der Waals surface area contributed by atoms with Gasteiger partial charge in [0.2, 0.25) is 0 Å². The number of carbonyl (C=O) groups is 1. The van der Waals surface area contributed by atoms with Gasteiger partial charge in [0.1, 0.15) is 5.82 Å². The molecule has 88 valence electrons. The summed E-state index contributed by atoms with van der Waals surface area (Å²) in [6, 6.07) is 3.16. The highest BCUT2D eigenvalue weighted by Gasteiger charge is 2.27. The predicted octanol–water partition coefficient (Wildman–Crippen LogP) is 3.55. The Balaban J connectivity index is 3.04. The van der Waals surface area contributed by atoms with E-state index in [0.29, 0.717) is 22.0 Å². The first-order valence-corrected chi connectivity index (χ1v) is 5.71. The lowest BCUT2D eigenvalue weighted by molar-refractivity contribution is -0.146. The monoisotopic (exact) mass is 288 g/mol. The zero-order valence-electron chi connectivity index (χ0n) is 9.47. The number of benzene rings is 1. The van der Waals surface area contributed by atoms with Crippen molar-refractivity contribution in [3.05, 3.63) is 33.5 Å². The summed E-state index contributed by atoms with van der Waals surface area (Å²) in [7, 11) is 0. The summed E-state index contributed by atoms with van der Waals surface area (Å²) < 4.78 is 14.1. The van der Waals surface area contributed by atoms with Crippen LogP contribution in [0.5, 0.6) is 0 Å². The second kappa shape index (κ2) is 4.53. The van der Waals surface area contributed by atoms with Gasteiger partial charge in [-0.15, -0.1) is 0 Å². The Morgan fingerprint density at radius 2 is 2.06 bits per heavy atom. The van der Waals surface area contributed by atoms with Crippen LogP contribution in [-0.2, 0) is 11.2 Å². The summed E-state index contributed by atoms with van der Waals surface area (Å²) >= 11 is 3.25. The van der Waals surface area contributed by atoms with Gasteiger partial charge in [0.05, 0.1) is 5.41 Å². The molecule has 1 aromatic rings. The van der Waals surface area contributed by atoms with E-state index in [1.807, 2.05) is 0 Å². The van der Waals surface area contributed by atoms with Gasteiger partial charge in [-0.3, -0.25) is 4.79 Å². The minimum atomic E-state index is -0.888. The molecule has 1 aromatic carbocycles. The first-order chi connectivity index (χ1) is 7.24. The molecule has 1 rings (SSSR count). The zero-order valence-corrected chi connectivity index (χ0v) is 11.1. The molecule has 4 heteroatoms. The maximum Gasteiger partial charge on any atom is 0.309 e. The van der Waals surface area contributed by atoms with Gasteiger partial charge in [-0.05, 0) is 50.5 Å². The maximum atomic E-state index is 13.4. The van der Waals surface area contributed by atoms with E-state index in [2.05, 4.69) is 15.9 Å². The first kappa shape index (κ1) is 13.2. The molecule has 0 aliphatic heterocycles. The van der Waals surface area contributed by atoms with E-state index in [0.717, 1.165) is 0 Å². The minimum Gasteiger partial charge on any atom is -0.481 e. The highest BCUT2D eigenvalue weighted by Crippen LogP contribution is 2.27. The van der Waals surface area contributed by atoms with Crippen LogP contribution in [0.15, 0.2) is 16.6 Å². The van der Waals surface area contributed by atoms with E-state index in [-0.39, 0.29) is 5.82 Å². The molecule has 0 aromatic heterocycles. The second-order valence-electron chi connectivity index (χ2n) is 4.55. The molecule has 0 atom stereocenters. The molecule has 16 heavy (non-hydrogen) atoms. The second-order valence-corrected chi connectivity index (χ2v) is 5.40. The fraction of sp³-hybridized carbons (Fsp3) is 0.417. The summed E-state index contributed by atoms with van der Waals surface area (Å²) in [4.78, 5) is 11.0. The van der Waals surface area contributed by atoms with Crippen LogP contribution in [0.1, 0.15) is 25.0 Å². The normalized spacial score (nSPS) is 11.6. The quantitative estimate of drug-likeness (QED) is 0.924. The van der Waals surface area contributed by atoms with Gasteiger partial charge in [0.15, 0.2) is 0 Å². The van der Waals surface area contributed by atoms with E-state index in [4.69, 9.17) is 5.11 Å². The van der Waals surface area contributed by atoms with Crippen molar-refractivity contribution in [1.29, 1.82) is 0 Å². The molecule has 0 saturated heterocycles. The van der Waals surface area contributed by atoms with Gasteiger partial charge < -0.3 is 5.11 Å². The minimum absolute atomic E-state index is 0.304. The van der Waals surface area contributed by atoms with Crippen LogP contribution >= 0.6 is 15.9 Å². The van der Waals surface area contributed by atoms with Crippen LogP contribution in [-0.4, -0.2) is 11.1 Å². The SMILES string of the molecule is Cc1c(F)cc(CC(C)(C)C(=O)O)cc1Br. The van der Waals surface area contributed by atoms with Crippen LogP contribution in [0.2, 0.25) is 0 Å². The summed E-state index contributed by atoms with van der Waals surface area (Å²) in [6.07, 6.45) is 0.304. The fourth-order valence-electron chi connectivity index (χ4n) is 1.39. The van der Waals surface area contributed by atoms with Crippen LogP contribution in [0.4, 0.5) is 4.39 Å². The molecule has 0 aliphatic carbocycles. The van der Waals surface area contributed by atoms with Gasteiger partial charge in [-0.25, -0.2) is 4.39 Å². The molecule has 0 amide bonds. The van der Waals surface area contributed by atoms with Crippen LogP contribution in [0.25, 0.3) is 0 Å². The van der Waals surface area contributed by atoms with Crippen LogP contribution in [0.3, 0.4) is 0 Å². The van der Waals surface area contributed by atoms with E-state index < -0.39 is 11.4 Å². The van der Waals surface area contributed by atoms with Crippen molar-refractivity contribution < 1.29 is 14.3 Å². The Bertz CT molecular complexity index is 404. The average Bonchev–Trinajstić information content (AvgIpc) is 2.13. The number of hydrogen-bond donors (Lipinski definition) is 1. The van der Waals surface area contributed by atoms with Crippen molar-refractivity contribution in [2.75, 3.05) is 0 Å². The van der Waals surface area contributed by atoms with E-state index in [9.17, 15) is 9.18 Å². The largest absolute Gasteiger partial charge is 0.481 e. The van der Waals surface area contributed by atoms with Crippen molar-refractivity contribution >= 4 is 21.9 Å². The van der Waals surface area contributed by atoms with Gasteiger partial charge >= 0.3 is 5.97 Å². The average molecular weight is 289 g/mol. The molecule has 0 aliphatic rings. The Kier molecular flexibility index (Phi) is 3.73. The Morgan fingerprint density at radius 1 is 1.50 bits per heavy atom. The topological polar surface area (TPSA) is 37.3 Å². The summed E-state index contributed by atoms with van der Waals surface area (Å²) in [5.74, 6) is -1.20. The maximum absolute atomic E-state index is 13.4. The lowest BCUT2D eigenvalue weighted by Gasteiger charge is -2.19. The van der Waals surface area contributed by atoms with Crippen molar-refractivity contribution in [2.45, 2.75) is 27.2 Å². The van der Waals surface area contributed by atoms with Crippen LogP contribution < -0.4 is 0 Å². The van der Waals surface area contributed by atoms with Gasteiger partial charge in [-0.1, -0.05) is 15.9 Å². The Labute approximate surface area is 103 Å². The number of rotatable bonds is 3. The lowest BCUT2D eigenvalue weighted by atomic mass is 9.86. The Hall–Kier alpha value is -0.900. The highest BCUT2D eigenvalue weighted by atomic mass is 79.9. The summed E-state index contributed by atoms with van der Waals surface area (Å²) in [5, 5.41) is 8.99. The molecule has 0 radical (unpaired) electrons. The molecule has 0 heterocycles. The Morgan fingerprint density at radius 3 is 2.50 bits per heavy atom. The molecular weight excluding hydrogens is 275 g/mol. The predicted molar refractivity (Wildman–Crippen MR) is 64.0 cm³/mol. The first-order valence-electron chi connectivity index (χ1n) is 4.92. The summed E-state index contributed by atoms with van der Waals surface area (Å²) in [6.45, 7) is 4.92. The van der Waals surface area contributed by atoms with Gasteiger partial charge in [-0.2, -0.15) is 0 Å². The van der Waals surface area contributed by atoms with Gasteiger partial charge in [0, 0.05) is 4.47 Å². The third kappa shape index (κ3) is 2.82. The molecule has 0 unspecified atom stereocenters. The standard InChI is InChI=1S/C12H14BrFO2/c1-7-9(13)4-8(5-10(7)14)6-12(2,3)11(15)16/h4-5H,6H2,1-3H3,(H,15,16). The van der Waals surface area contributed by atoms with Crippen molar-refractivity contribution in [3.8, 4) is 0 Å². The molecule has 2 nitrogen and oxygen atoms in total. The fourth-order valence-corrected chi connectivity index (χ4v) is 1.87. The van der Waals surface area contributed by atoms with Crippen molar-refractivity contribution in [2.24, 2.45) is 5.41 Å². The van der Waals surface area contributed by atoms with E-state index in [1.165, 1.54) is 6.07 Å². The number of carboxylic acid groups (broad SMARTS) is 1. The molecule has 0 fully saturated rings. The number of carboxylic acids is 1. The molecular formula is C12H14BrFO2. The molecule has 0 spiro atoms. The zero-order chi connectivity index (χ0) is 12.5. The number of halogens is 2. The van der Waals surface area contributed by atoms with Crippen molar-refractivity contribution in [1.82, 2.24) is 0 Å². The van der Waals surface area contributed by atoms with Gasteiger partial charge in [0.25, 0.3) is 0 Å². The molecule has 1 N–H and O–H groups in total. The third-order valence-corrected chi connectivity index (χ3v) is 3.39. The molecule has 0 saturated carbocycles. The van der Waals surface area contributed by atoms with Crippen molar-refractivity contribution in [3.63, 3.8) is 0 Å². The molecule has 0 bridgehead atoms.